The molecule has 2 heterocycles. The molecule has 3 aromatic rings. The highest BCUT2D eigenvalue weighted by Crippen LogP contribution is 2.36. The summed E-state index contributed by atoms with van der Waals surface area (Å²) in [5, 5.41) is 0. The summed E-state index contributed by atoms with van der Waals surface area (Å²) in [4.78, 5) is 8.33. The summed E-state index contributed by atoms with van der Waals surface area (Å²) < 4.78 is 28.2. The number of aryl methyl sites for hydroxylation is 2. The van der Waals surface area contributed by atoms with Crippen molar-refractivity contribution >= 4 is 21.1 Å². The molecule has 0 spiro atoms. The van der Waals surface area contributed by atoms with Gasteiger partial charge in [-0.05, 0) is 56.0 Å². The van der Waals surface area contributed by atoms with E-state index >= 15 is 0 Å². The third kappa shape index (κ3) is 2.75. The van der Waals surface area contributed by atoms with Crippen molar-refractivity contribution in [2.24, 2.45) is 0 Å². The first-order chi connectivity index (χ1) is 12.0. The maximum Gasteiger partial charge on any atom is 0.244 e. The minimum Gasteiger partial charge on any atom is -0.341 e. The first-order valence-electron chi connectivity index (χ1n) is 8.50. The highest BCUT2D eigenvalue weighted by Gasteiger charge is 2.38. The first-order valence-corrected chi connectivity index (χ1v) is 9.94. The Morgan fingerprint density at radius 1 is 1.16 bits per heavy atom. The molecule has 130 valence electrons. The van der Waals surface area contributed by atoms with Crippen molar-refractivity contribution < 1.29 is 8.42 Å². The van der Waals surface area contributed by atoms with Crippen molar-refractivity contribution in [1.29, 1.82) is 0 Å². The average Bonchev–Trinajstić information content (AvgIpc) is 3.23. The largest absolute Gasteiger partial charge is 0.341 e. The molecular weight excluding hydrogens is 334 g/mol. The minimum atomic E-state index is -3.55. The van der Waals surface area contributed by atoms with Crippen LogP contribution in [0.15, 0.2) is 47.4 Å². The zero-order valence-corrected chi connectivity index (χ0v) is 15.2. The van der Waals surface area contributed by atoms with Gasteiger partial charge in [0.1, 0.15) is 5.82 Å². The van der Waals surface area contributed by atoms with E-state index in [0.29, 0.717) is 11.4 Å². The second kappa shape index (κ2) is 5.97. The molecule has 1 saturated heterocycles. The summed E-state index contributed by atoms with van der Waals surface area (Å²) in [5.41, 5.74) is 3.53. The van der Waals surface area contributed by atoms with Crippen LogP contribution in [0.2, 0.25) is 0 Å². The molecule has 0 amide bonds. The number of fused-ring (bicyclic) bond motifs is 1. The van der Waals surface area contributed by atoms with E-state index < -0.39 is 10.0 Å². The molecule has 0 saturated carbocycles. The number of aromatic nitrogens is 2. The minimum absolute atomic E-state index is 0.239. The lowest BCUT2D eigenvalue weighted by Crippen LogP contribution is -2.31. The van der Waals surface area contributed by atoms with Gasteiger partial charge in [-0.1, -0.05) is 24.3 Å². The fraction of sp³-hybridized carbons (Fsp3) is 0.316. The van der Waals surface area contributed by atoms with Crippen molar-refractivity contribution in [3.05, 3.63) is 59.4 Å². The molecule has 1 fully saturated rings. The van der Waals surface area contributed by atoms with Gasteiger partial charge in [-0.3, -0.25) is 0 Å². The van der Waals surface area contributed by atoms with Gasteiger partial charge in [0.05, 0.1) is 22.0 Å². The van der Waals surface area contributed by atoms with E-state index in [0.717, 1.165) is 40.8 Å². The van der Waals surface area contributed by atoms with Gasteiger partial charge in [0.15, 0.2) is 0 Å². The summed E-state index contributed by atoms with van der Waals surface area (Å²) in [6, 6.07) is 13.1. The van der Waals surface area contributed by atoms with Gasteiger partial charge < -0.3 is 4.98 Å². The smallest absolute Gasteiger partial charge is 0.244 e. The van der Waals surface area contributed by atoms with Crippen LogP contribution in [0.5, 0.6) is 0 Å². The number of nitrogens with one attached hydrogen (secondary N) is 1. The van der Waals surface area contributed by atoms with Crippen LogP contribution in [-0.2, 0) is 10.0 Å². The number of H-pyrrole nitrogens is 1. The Balaban J connectivity index is 1.77. The lowest BCUT2D eigenvalue weighted by Gasteiger charge is -2.23. The van der Waals surface area contributed by atoms with E-state index in [4.69, 9.17) is 0 Å². The quantitative estimate of drug-likeness (QED) is 0.779. The first kappa shape index (κ1) is 16.3. The number of nitrogens with zero attached hydrogens (tertiary/aromatic N) is 2. The van der Waals surface area contributed by atoms with E-state index in [-0.39, 0.29) is 6.04 Å². The van der Waals surface area contributed by atoms with E-state index in [1.165, 1.54) is 0 Å². The van der Waals surface area contributed by atoms with Crippen LogP contribution in [0.25, 0.3) is 11.0 Å². The molecule has 4 rings (SSSR count). The van der Waals surface area contributed by atoms with Crippen LogP contribution in [0, 0.1) is 13.8 Å². The molecule has 1 aromatic heterocycles. The van der Waals surface area contributed by atoms with E-state index in [9.17, 15) is 8.42 Å². The Hall–Kier alpha value is -2.18. The topological polar surface area (TPSA) is 66.1 Å². The van der Waals surface area contributed by atoms with Crippen molar-refractivity contribution in [3.8, 4) is 0 Å². The van der Waals surface area contributed by atoms with Gasteiger partial charge in [0, 0.05) is 6.54 Å². The Kier molecular flexibility index (Phi) is 3.89. The van der Waals surface area contributed by atoms with Gasteiger partial charge in [-0.15, -0.1) is 0 Å². The Labute approximate surface area is 147 Å². The van der Waals surface area contributed by atoms with Crippen LogP contribution in [-0.4, -0.2) is 29.2 Å². The normalized spacial score (nSPS) is 18.9. The number of benzene rings is 2. The van der Waals surface area contributed by atoms with Gasteiger partial charge >= 0.3 is 0 Å². The van der Waals surface area contributed by atoms with Gasteiger partial charge in [0.25, 0.3) is 0 Å². The molecule has 1 aliphatic rings. The van der Waals surface area contributed by atoms with Gasteiger partial charge in [-0.2, -0.15) is 4.31 Å². The molecule has 25 heavy (non-hydrogen) atoms. The number of hydrogen-bond donors (Lipinski definition) is 1. The summed E-state index contributed by atoms with van der Waals surface area (Å²) in [6.45, 7) is 4.29. The number of aromatic amines is 1. The molecule has 2 aromatic carbocycles. The third-order valence-corrected chi connectivity index (χ3v) is 6.91. The van der Waals surface area contributed by atoms with Crippen LogP contribution >= 0.6 is 0 Å². The Morgan fingerprint density at radius 3 is 2.76 bits per heavy atom. The Bertz CT molecular complexity index is 1010. The predicted molar refractivity (Wildman–Crippen MR) is 97.9 cm³/mol. The highest BCUT2D eigenvalue weighted by atomic mass is 32.2. The van der Waals surface area contributed by atoms with Crippen molar-refractivity contribution in [3.63, 3.8) is 0 Å². The van der Waals surface area contributed by atoms with Crippen LogP contribution in [0.3, 0.4) is 0 Å². The molecule has 0 aliphatic carbocycles. The van der Waals surface area contributed by atoms with Crippen molar-refractivity contribution in [1.82, 2.24) is 14.3 Å². The summed E-state index contributed by atoms with van der Waals surface area (Å²) in [5.74, 6) is 0.729. The lowest BCUT2D eigenvalue weighted by atomic mass is 10.2. The molecule has 1 atom stereocenters. The standard InChI is InChI=1S/C19H21N3O2S/c1-13-9-10-14(2)18(12-13)25(23,24)22-11-5-8-17(22)19-20-15-6-3-4-7-16(15)21-19/h3-4,6-7,9-10,12,17H,5,8,11H2,1-2H3,(H,20,21). The molecular formula is C19H21N3O2S. The number of para-hydroxylation sites is 2. The summed E-state index contributed by atoms with van der Waals surface area (Å²) in [6.07, 6.45) is 1.62. The number of rotatable bonds is 3. The second-order valence-corrected chi connectivity index (χ2v) is 8.54. The maximum absolute atomic E-state index is 13.3. The SMILES string of the molecule is Cc1ccc(C)c(S(=O)(=O)N2CCCC2c2nc3ccccc3[nH]2)c1. The van der Waals surface area contributed by atoms with Crippen molar-refractivity contribution in [2.45, 2.75) is 37.6 Å². The van der Waals surface area contributed by atoms with Gasteiger partial charge in [-0.25, -0.2) is 13.4 Å². The molecule has 1 unspecified atom stereocenters. The lowest BCUT2D eigenvalue weighted by molar-refractivity contribution is 0.385. The molecule has 0 radical (unpaired) electrons. The van der Waals surface area contributed by atoms with E-state index in [1.54, 1.807) is 10.4 Å². The average molecular weight is 355 g/mol. The fourth-order valence-corrected chi connectivity index (χ4v) is 5.52. The summed E-state index contributed by atoms with van der Waals surface area (Å²) >= 11 is 0. The number of imidazole rings is 1. The zero-order chi connectivity index (χ0) is 17.6. The fourth-order valence-electron chi connectivity index (χ4n) is 3.54. The molecule has 6 heteroatoms. The zero-order valence-electron chi connectivity index (χ0n) is 14.4. The second-order valence-electron chi connectivity index (χ2n) is 6.68. The molecule has 0 bridgehead atoms. The highest BCUT2D eigenvalue weighted by molar-refractivity contribution is 7.89. The van der Waals surface area contributed by atoms with E-state index in [1.807, 2.05) is 50.2 Å². The molecule has 1 N–H and O–H groups in total. The number of hydrogen-bond acceptors (Lipinski definition) is 3. The van der Waals surface area contributed by atoms with Gasteiger partial charge in [0.2, 0.25) is 10.0 Å². The maximum atomic E-state index is 13.3. The Morgan fingerprint density at radius 2 is 1.96 bits per heavy atom. The summed E-state index contributed by atoms with van der Waals surface area (Å²) in [7, 11) is -3.55. The number of sulfonamides is 1. The van der Waals surface area contributed by atoms with Crippen LogP contribution < -0.4 is 0 Å². The molecule has 1 aliphatic heterocycles. The third-order valence-electron chi connectivity index (χ3n) is 4.86. The van der Waals surface area contributed by atoms with E-state index in [2.05, 4.69) is 9.97 Å². The monoisotopic (exact) mass is 355 g/mol. The van der Waals surface area contributed by atoms with Crippen LogP contribution in [0.1, 0.15) is 35.8 Å². The predicted octanol–water partition coefficient (Wildman–Crippen LogP) is 3.71. The molecule has 5 nitrogen and oxygen atoms in total. The van der Waals surface area contributed by atoms with Crippen LogP contribution in [0.4, 0.5) is 0 Å². The van der Waals surface area contributed by atoms with Crippen molar-refractivity contribution in [2.75, 3.05) is 6.54 Å².